The first-order valence-electron chi connectivity index (χ1n) is 12.1. The maximum Gasteiger partial charge on any atom is 0.396 e. The minimum Gasteiger partial charge on any atom is -0.481 e. The number of rotatable bonds is 8. The Hall–Kier alpha value is -2.66. The number of carboxylic acids is 1. The van der Waals surface area contributed by atoms with E-state index in [0.717, 1.165) is 4.90 Å². The largest absolute Gasteiger partial charge is 0.481 e. The first-order valence-corrected chi connectivity index (χ1v) is 12.9. The lowest BCUT2D eigenvalue weighted by atomic mass is 9.74. The fourth-order valence-corrected chi connectivity index (χ4v) is 5.62. The van der Waals surface area contributed by atoms with E-state index >= 15 is 0 Å². The molecule has 0 atom stereocenters. The van der Waals surface area contributed by atoms with Crippen LogP contribution in [0.5, 0.6) is 0 Å². The van der Waals surface area contributed by atoms with Crippen LogP contribution in [-0.2, 0) is 4.79 Å². The monoisotopic (exact) mass is 574 g/mol. The van der Waals surface area contributed by atoms with Crippen molar-refractivity contribution in [1.29, 1.82) is 0 Å². The van der Waals surface area contributed by atoms with E-state index in [1.807, 2.05) is 0 Å². The van der Waals surface area contributed by atoms with Gasteiger partial charge >= 0.3 is 12.1 Å². The third-order valence-corrected chi connectivity index (χ3v) is 8.47. The summed E-state index contributed by atoms with van der Waals surface area (Å²) in [5, 5.41) is 13.7. The normalized spacial score (nSPS) is 22.7. The number of pyridine rings is 1. The number of nitrogens with zero attached hydrogens (tertiary/aromatic N) is 4. The molecule has 0 aliphatic heterocycles. The van der Waals surface area contributed by atoms with Gasteiger partial charge in [0, 0.05) is 24.6 Å². The van der Waals surface area contributed by atoms with Gasteiger partial charge in [0.25, 0.3) is 5.91 Å². The summed E-state index contributed by atoms with van der Waals surface area (Å²) < 4.78 is 43.1. The molecule has 2 saturated carbocycles. The smallest absolute Gasteiger partial charge is 0.396 e. The van der Waals surface area contributed by atoms with Gasteiger partial charge in [-0.25, -0.2) is 0 Å². The van der Waals surface area contributed by atoms with Gasteiger partial charge in [-0.2, -0.15) is 18.3 Å². The Morgan fingerprint density at radius 1 is 1.11 bits per heavy atom. The number of hydrogen-bond donors (Lipinski definition) is 1. The van der Waals surface area contributed by atoms with E-state index in [0.29, 0.717) is 31.4 Å². The summed E-state index contributed by atoms with van der Waals surface area (Å²) >= 11 is 12.2. The van der Waals surface area contributed by atoms with Gasteiger partial charge in [-0.1, -0.05) is 23.2 Å². The quantitative estimate of drug-likeness (QED) is 0.401. The Morgan fingerprint density at radius 2 is 1.68 bits per heavy atom. The Labute approximate surface area is 227 Å². The number of alkyl halides is 3. The highest BCUT2D eigenvalue weighted by atomic mass is 35.5. The van der Waals surface area contributed by atoms with Crippen molar-refractivity contribution in [1.82, 2.24) is 19.7 Å². The van der Waals surface area contributed by atoms with E-state index in [1.54, 1.807) is 18.5 Å². The van der Waals surface area contributed by atoms with Gasteiger partial charge in [0.1, 0.15) is 0 Å². The van der Waals surface area contributed by atoms with Gasteiger partial charge in [-0.3, -0.25) is 24.0 Å². The number of carbonyl (C=O) groups is 3. The highest BCUT2D eigenvalue weighted by Gasteiger charge is 2.64. The fourth-order valence-electron chi connectivity index (χ4n) is 5.05. The van der Waals surface area contributed by atoms with Crippen LogP contribution in [0.3, 0.4) is 0 Å². The lowest BCUT2D eigenvalue weighted by Crippen LogP contribution is -2.44. The van der Waals surface area contributed by atoms with Gasteiger partial charge in [0.15, 0.2) is 5.78 Å². The number of halogens is 5. The van der Waals surface area contributed by atoms with Gasteiger partial charge in [-0.15, -0.1) is 0 Å². The fraction of sp³-hybridized carbons (Fsp3) is 0.560. The first kappa shape index (κ1) is 28.4. The maximum atomic E-state index is 13.8. The van der Waals surface area contributed by atoms with Crippen LogP contribution in [0, 0.1) is 17.8 Å². The molecule has 2 fully saturated rings. The summed E-state index contributed by atoms with van der Waals surface area (Å²) in [5.41, 5.74) is -2.51. The Balaban J connectivity index is 1.60. The second-order valence-corrected chi connectivity index (χ2v) is 11.3. The summed E-state index contributed by atoms with van der Waals surface area (Å²) in [7, 11) is 0. The molecule has 0 radical (unpaired) electrons. The number of hydrogen-bond acceptors (Lipinski definition) is 5. The molecule has 1 N–H and O–H groups in total. The number of carbonyl (C=O) groups excluding carboxylic acids is 2. The van der Waals surface area contributed by atoms with Crippen molar-refractivity contribution in [2.75, 3.05) is 13.1 Å². The highest BCUT2D eigenvalue weighted by molar-refractivity contribution is 6.39. The van der Waals surface area contributed by atoms with Gasteiger partial charge in [0.05, 0.1) is 50.8 Å². The van der Waals surface area contributed by atoms with Crippen LogP contribution in [0.4, 0.5) is 13.2 Å². The second-order valence-electron chi connectivity index (χ2n) is 10.5. The molecule has 38 heavy (non-hydrogen) atoms. The average Bonchev–Trinajstić information content (AvgIpc) is 3.53. The van der Waals surface area contributed by atoms with Crippen molar-refractivity contribution in [3.8, 4) is 0 Å². The third-order valence-electron chi connectivity index (χ3n) is 7.90. The highest BCUT2D eigenvalue weighted by Crippen LogP contribution is 2.58. The molecule has 8 nitrogen and oxygen atoms in total. The Kier molecular flexibility index (Phi) is 7.57. The van der Waals surface area contributed by atoms with Crippen molar-refractivity contribution >= 4 is 40.9 Å². The number of carboxylic acid groups (broad SMARTS) is 1. The van der Waals surface area contributed by atoms with E-state index in [-0.39, 0.29) is 40.1 Å². The molecule has 4 rings (SSSR count). The van der Waals surface area contributed by atoms with E-state index < -0.39 is 47.8 Å². The predicted molar refractivity (Wildman–Crippen MR) is 132 cm³/mol. The number of aliphatic carboxylic acids is 1. The number of ketones is 1. The van der Waals surface area contributed by atoms with Crippen molar-refractivity contribution in [2.24, 2.45) is 10.8 Å². The van der Waals surface area contributed by atoms with Gasteiger partial charge in [0.2, 0.25) is 0 Å². The molecule has 2 aliphatic rings. The lowest BCUT2D eigenvalue weighted by molar-refractivity contribution is -0.189. The average molecular weight is 575 g/mol. The summed E-state index contributed by atoms with van der Waals surface area (Å²) in [6.45, 7) is 1.98. The Morgan fingerprint density at radius 3 is 2.18 bits per heavy atom. The van der Waals surface area contributed by atoms with Gasteiger partial charge in [-0.05, 0) is 52.4 Å². The Bertz CT molecular complexity index is 1250. The molecule has 0 saturated heterocycles. The zero-order valence-corrected chi connectivity index (χ0v) is 22.3. The molecule has 2 aromatic rings. The molecular weight excluding hydrogens is 548 g/mol. The first-order chi connectivity index (χ1) is 17.7. The van der Waals surface area contributed by atoms with E-state index in [4.69, 9.17) is 23.2 Å². The van der Waals surface area contributed by atoms with E-state index in [1.165, 1.54) is 18.6 Å². The van der Waals surface area contributed by atoms with Crippen molar-refractivity contribution in [2.45, 2.75) is 64.6 Å². The predicted octanol–water partition coefficient (Wildman–Crippen LogP) is 5.77. The van der Waals surface area contributed by atoms with Crippen LogP contribution in [-0.4, -0.2) is 61.7 Å². The van der Waals surface area contributed by atoms with Crippen LogP contribution in [0.25, 0.3) is 0 Å². The number of Topliss-reactive ketones (excluding diaryl/α,β-unsaturated/α-hetero) is 1. The van der Waals surface area contributed by atoms with Crippen molar-refractivity contribution in [3.05, 3.63) is 45.5 Å². The van der Waals surface area contributed by atoms with Crippen LogP contribution in [0.15, 0.2) is 18.6 Å². The van der Waals surface area contributed by atoms with Gasteiger partial charge < -0.3 is 10.0 Å². The molecule has 0 bridgehead atoms. The molecular formula is C25H27Cl2F3N4O4. The van der Waals surface area contributed by atoms with Crippen molar-refractivity contribution < 1.29 is 32.7 Å². The van der Waals surface area contributed by atoms with Crippen LogP contribution in [0.2, 0.25) is 10.0 Å². The molecule has 206 valence electrons. The minimum absolute atomic E-state index is 0.0680. The standard InChI is InChI=1S/C25H27Cl2F3N4O4/c1-14-16(9-32-34(14)15-3-5-23(2,6-4-15)22(37)38)21(36)33(13-24(7-8-24)25(28,29)30)12-19(35)20-17(26)10-31-11-18(20)27/h9-11,15H,3-8,12-13H2,1-2H3,(H,37,38)/t15-,23-. The molecule has 0 spiro atoms. The number of amides is 1. The second kappa shape index (κ2) is 10.1. The molecule has 0 unspecified atom stereocenters. The molecule has 2 heterocycles. The van der Waals surface area contributed by atoms with E-state index in [2.05, 4.69) is 10.1 Å². The topological polar surface area (TPSA) is 105 Å². The molecule has 2 aromatic heterocycles. The molecule has 1 amide bonds. The third kappa shape index (κ3) is 5.27. The molecule has 2 aliphatic carbocycles. The lowest BCUT2D eigenvalue weighted by Gasteiger charge is -2.34. The van der Waals surface area contributed by atoms with Crippen LogP contribution >= 0.6 is 23.2 Å². The van der Waals surface area contributed by atoms with Crippen LogP contribution < -0.4 is 0 Å². The molecule has 13 heteroatoms. The maximum absolute atomic E-state index is 13.8. The minimum atomic E-state index is -4.54. The van der Waals surface area contributed by atoms with E-state index in [9.17, 15) is 32.7 Å². The summed E-state index contributed by atoms with van der Waals surface area (Å²) in [4.78, 5) is 43.0. The zero-order chi connectivity index (χ0) is 28.0. The molecule has 0 aromatic carbocycles. The zero-order valence-electron chi connectivity index (χ0n) is 20.8. The van der Waals surface area contributed by atoms with Crippen molar-refractivity contribution in [3.63, 3.8) is 0 Å². The SMILES string of the molecule is Cc1c(C(=O)N(CC(=O)c2c(Cl)cncc2Cl)CC2(C(F)(F)F)CC2)cnn1[C@H]1CC[C@](C)(C(=O)O)CC1. The summed E-state index contributed by atoms with van der Waals surface area (Å²) in [6.07, 6.45) is 0.752. The summed E-state index contributed by atoms with van der Waals surface area (Å²) in [6, 6.07) is -0.154. The van der Waals surface area contributed by atoms with Crippen LogP contribution in [0.1, 0.15) is 77.9 Å². The number of aromatic nitrogens is 3. The summed E-state index contributed by atoms with van der Waals surface area (Å²) in [5.74, 6) is -2.33.